The van der Waals surface area contributed by atoms with Crippen LogP contribution >= 0.6 is 23.2 Å². The first-order valence-corrected chi connectivity index (χ1v) is 13.9. The second-order valence-electron chi connectivity index (χ2n) is 10.1. The van der Waals surface area contributed by atoms with Gasteiger partial charge in [-0.2, -0.15) is 0 Å². The Labute approximate surface area is 237 Å². The molecule has 2 atom stereocenters. The predicted octanol–water partition coefficient (Wildman–Crippen LogP) is 5.52. The number of nitrogens with zero attached hydrogens (tertiary/aromatic N) is 4. The number of benzene rings is 2. The van der Waals surface area contributed by atoms with Gasteiger partial charge in [-0.3, -0.25) is 14.4 Å². The van der Waals surface area contributed by atoms with Crippen molar-refractivity contribution in [2.45, 2.75) is 51.5 Å². The Morgan fingerprint density at radius 1 is 1.00 bits per heavy atom. The summed E-state index contributed by atoms with van der Waals surface area (Å²) in [5, 5.41) is 11.7. The Morgan fingerprint density at radius 3 is 2.59 bits per heavy atom. The molecule has 3 aromatic rings. The maximum Gasteiger partial charge on any atom is 0.247 e. The number of hydrogen-bond acceptors (Lipinski definition) is 5. The van der Waals surface area contributed by atoms with Crippen LogP contribution < -0.4 is 5.32 Å². The number of halogens is 2. The summed E-state index contributed by atoms with van der Waals surface area (Å²) in [6, 6.07) is 12.4. The van der Waals surface area contributed by atoms with Crippen LogP contribution in [0.1, 0.15) is 50.2 Å². The van der Waals surface area contributed by atoms with Gasteiger partial charge in [0.2, 0.25) is 11.8 Å². The number of nitrogens with one attached hydrogen (secondary N) is 1. The van der Waals surface area contributed by atoms with Gasteiger partial charge in [-0.25, -0.2) is 4.68 Å². The van der Waals surface area contributed by atoms with Gasteiger partial charge in [-0.05, 0) is 61.1 Å². The van der Waals surface area contributed by atoms with Crippen molar-refractivity contribution >= 4 is 52.1 Å². The number of hydrogen-bond donors (Lipinski definition) is 1. The maximum absolute atomic E-state index is 13.5. The number of carbonyl (C=O) groups is 3. The molecule has 10 heteroatoms. The van der Waals surface area contributed by atoms with Crippen LogP contribution in [0.5, 0.6) is 0 Å². The Bertz CT molecular complexity index is 1450. The van der Waals surface area contributed by atoms with Gasteiger partial charge in [0.15, 0.2) is 10.9 Å². The summed E-state index contributed by atoms with van der Waals surface area (Å²) in [5.74, 6) is -0.410. The molecule has 0 radical (unpaired) electrons. The molecule has 0 fully saturated rings. The normalized spacial score (nSPS) is 20.9. The monoisotopic (exact) mass is 565 g/mol. The number of rotatable bonds is 3. The van der Waals surface area contributed by atoms with E-state index in [4.69, 9.17) is 23.2 Å². The Balaban J connectivity index is 1.40. The molecule has 0 spiro atoms. The number of carbonyl (C=O) groups excluding carboxylic acids is 3. The van der Waals surface area contributed by atoms with Crippen molar-refractivity contribution in [2.24, 2.45) is 5.92 Å². The zero-order valence-electron chi connectivity index (χ0n) is 21.6. The Kier molecular flexibility index (Phi) is 8.14. The zero-order valence-corrected chi connectivity index (χ0v) is 23.1. The number of Topliss-reactive ketones (excluding diaryl/α,β-unsaturated/α-hetero) is 1. The number of ketones is 1. The van der Waals surface area contributed by atoms with Gasteiger partial charge < -0.3 is 10.2 Å². The van der Waals surface area contributed by atoms with Crippen LogP contribution in [0.25, 0.3) is 11.3 Å². The number of para-hydroxylation sites is 1. The fraction of sp³-hybridized carbons (Fsp3) is 0.345. The van der Waals surface area contributed by atoms with E-state index in [0.29, 0.717) is 55.8 Å². The van der Waals surface area contributed by atoms with Crippen LogP contribution in [0.4, 0.5) is 5.69 Å². The second kappa shape index (κ2) is 11.7. The molecule has 0 unspecified atom stereocenters. The van der Waals surface area contributed by atoms with Crippen molar-refractivity contribution in [3.63, 3.8) is 0 Å². The van der Waals surface area contributed by atoms with Crippen LogP contribution in [0.15, 0.2) is 54.7 Å². The molecule has 1 aromatic heterocycles. The first-order chi connectivity index (χ1) is 18.8. The average Bonchev–Trinajstić information content (AvgIpc) is 3.36. The average molecular weight is 566 g/mol. The third-order valence-corrected chi connectivity index (χ3v) is 7.85. The van der Waals surface area contributed by atoms with E-state index in [-0.39, 0.29) is 28.7 Å². The lowest BCUT2D eigenvalue weighted by Gasteiger charge is -2.34. The Hall–Kier alpha value is -3.49. The van der Waals surface area contributed by atoms with Crippen molar-refractivity contribution in [3.8, 4) is 5.69 Å². The van der Waals surface area contributed by atoms with E-state index >= 15 is 0 Å². The van der Waals surface area contributed by atoms with E-state index in [0.717, 1.165) is 22.4 Å². The highest BCUT2D eigenvalue weighted by Crippen LogP contribution is 2.32. The van der Waals surface area contributed by atoms with Crippen molar-refractivity contribution < 1.29 is 14.4 Å². The molecular weight excluding hydrogens is 537 g/mol. The van der Waals surface area contributed by atoms with Crippen molar-refractivity contribution in [1.29, 1.82) is 0 Å². The summed E-state index contributed by atoms with van der Waals surface area (Å²) in [6.07, 6.45) is 6.33. The molecule has 2 amide bonds. The highest BCUT2D eigenvalue weighted by molar-refractivity contribution is 6.31. The predicted molar refractivity (Wildman–Crippen MR) is 151 cm³/mol. The number of aromatic nitrogens is 3. The van der Waals surface area contributed by atoms with Gasteiger partial charge in [0, 0.05) is 41.2 Å². The zero-order chi connectivity index (χ0) is 27.5. The van der Waals surface area contributed by atoms with E-state index in [1.54, 1.807) is 34.0 Å². The van der Waals surface area contributed by atoms with Gasteiger partial charge in [0.1, 0.15) is 0 Å². The minimum atomic E-state index is -0.537. The summed E-state index contributed by atoms with van der Waals surface area (Å²) in [4.78, 5) is 41.4. The SMILES string of the molecule is C[C@@H]1CCC[C@H](N2CCC(c3cc(Cl)ccc3-n3cc(Cl)nn3)=CC2=O)C(=O)CCc2ccccc2NC1=O. The molecule has 8 nitrogen and oxygen atoms in total. The number of amides is 2. The molecule has 2 aliphatic heterocycles. The molecule has 39 heavy (non-hydrogen) atoms. The largest absolute Gasteiger partial charge is 0.329 e. The van der Waals surface area contributed by atoms with Gasteiger partial charge in [0.25, 0.3) is 0 Å². The highest BCUT2D eigenvalue weighted by Gasteiger charge is 2.32. The van der Waals surface area contributed by atoms with Crippen LogP contribution in [-0.2, 0) is 20.8 Å². The minimum absolute atomic E-state index is 0.0291. The van der Waals surface area contributed by atoms with Crippen LogP contribution in [0.3, 0.4) is 0 Å². The third kappa shape index (κ3) is 6.07. The molecule has 3 heterocycles. The molecule has 0 saturated heterocycles. The first kappa shape index (κ1) is 27.1. The fourth-order valence-corrected chi connectivity index (χ4v) is 5.58. The van der Waals surface area contributed by atoms with Gasteiger partial charge >= 0.3 is 0 Å². The van der Waals surface area contributed by atoms with Gasteiger partial charge in [-0.1, -0.05) is 60.0 Å². The lowest BCUT2D eigenvalue weighted by Crippen LogP contribution is -2.46. The van der Waals surface area contributed by atoms with Gasteiger partial charge in [0.05, 0.1) is 17.9 Å². The number of aryl methyl sites for hydroxylation is 1. The summed E-state index contributed by atoms with van der Waals surface area (Å²) >= 11 is 12.3. The first-order valence-electron chi connectivity index (χ1n) is 13.1. The van der Waals surface area contributed by atoms with E-state index in [2.05, 4.69) is 15.6 Å². The Morgan fingerprint density at radius 2 is 1.82 bits per heavy atom. The summed E-state index contributed by atoms with van der Waals surface area (Å²) in [5.41, 5.74) is 3.93. The molecule has 0 aliphatic carbocycles. The topological polar surface area (TPSA) is 97.2 Å². The lowest BCUT2D eigenvalue weighted by molar-refractivity contribution is -0.136. The molecule has 0 saturated carbocycles. The molecule has 202 valence electrons. The van der Waals surface area contributed by atoms with Crippen molar-refractivity contribution in [3.05, 3.63) is 76.0 Å². The maximum atomic E-state index is 13.5. The number of anilines is 1. The van der Waals surface area contributed by atoms with Crippen molar-refractivity contribution in [1.82, 2.24) is 19.9 Å². The standard InChI is InChI=1S/C29H29Cl2N5O3/c1-18-5-4-8-25(26(37)12-9-19-6-2-3-7-23(19)32-29(18)39)35-14-13-20(15-28(35)38)22-16-21(30)10-11-24(22)36-17-27(31)33-34-36/h2-3,6-7,10-11,15-18,25H,4-5,8-9,12-14H2,1H3,(H,32,39)/t18-,25+/m1/s1. The van der Waals surface area contributed by atoms with E-state index < -0.39 is 6.04 Å². The summed E-state index contributed by atoms with van der Waals surface area (Å²) in [7, 11) is 0. The van der Waals surface area contributed by atoms with Gasteiger partial charge in [-0.15, -0.1) is 5.10 Å². The molecule has 1 N–H and O–H groups in total. The second-order valence-corrected chi connectivity index (χ2v) is 10.9. The molecular formula is C29H29Cl2N5O3. The van der Waals surface area contributed by atoms with Crippen LogP contribution in [0, 0.1) is 5.92 Å². The molecule has 5 rings (SSSR count). The summed E-state index contributed by atoms with van der Waals surface area (Å²) in [6.45, 7) is 2.30. The van der Waals surface area contributed by atoms with Crippen LogP contribution in [-0.4, -0.2) is 50.1 Å². The van der Waals surface area contributed by atoms with Crippen molar-refractivity contribution in [2.75, 3.05) is 11.9 Å². The lowest BCUT2D eigenvalue weighted by atomic mass is 9.91. The minimum Gasteiger partial charge on any atom is -0.329 e. The van der Waals surface area contributed by atoms with Crippen LogP contribution in [0.2, 0.25) is 10.2 Å². The molecule has 2 aromatic carbocycles. The summed E-state index contributed by atoms with van der Waals surface area (Å²) < 4.78 is 1.55. The smallest absolute Gasteiger partial charge is 0.247 e. The quantitative estimate of drug-likeness (QED) is 0.451. The van der Waals surface area contributed by atoms with E-state index in [9.17, 15) is 14.4 Å². The van der Waals surface area contributed by atoms with E-state index in [1.807, 2.05) is 37.3 Å². The number of fused-ring (bicyclic) bond motifs is 1. The fourth-order valence-electron chi connectivity index (χ4n) is 5.28. The molecule has 0 bridgehead atoms. The third-order valence-electron chi connectivity index (χ3n) is 7.45. The van der Waals surface area contributed by atoms with E-state index in [1.165, 1.54) is 0 Å². The highest BCUT2D eigenvalue weighted by atomic mass is 35.5. The molecule has 2 aliphatic rings.